The second-order valence-corrected chi connectivity index (χ2v) is 5.91. The molecule has 1 saturated heterocycles. The summed E-state index contributed by atoms with van der Waals surface area (Å²) in [6.45, 7) is 1.06. The quantitative estimate of drug-likeness (QED) is 0.669. The summed E-state index contributed by atoms with van der Waals surface area (Å²) in [7, 11) is 0. The average Bonchev–Trinajstić information content (AvgIpc) is 2.85. The van der Waals surface area contributed by atoms with Gasteiger partial charge in [-0.05, 0) is 37.1 Å². The van der Waals surface area contributed by atoms with Crippen molar-refractivity contribution in [1.82, 2.24) is 4.98 Å². The van der Waals surface area contributed by atoms with E-state index < -0.39 is 0 Å². The first-order valence-corrected chi connectivity index (χ1v) is 8.09. The number of oxazole rings is 1. The number of fused-ring (bicyclic) bond motifs is 1. The third-order valence-corrected chi connectivity index (χ3v) is 4.44. The number of rotatable bonds is 2. The zero-order valence-electron chi connectivity index (χ0n) is 12.6. The van der Waals surface area contributed by atoms with Crippen LogP contribution in [0.3, 0.4) is 0 Å². The number of anilines is 1. The third kappa shape index (κ3) is 2.47. The van der Waals surface area contributed by atoms with E-state index in [4.69, 9.17) is 9.40 Å². The van der Waals surface area contributed by atoms with Crippen LogP contribution in [-0.4, -0.2) is 11.5 Å². The van der Waals surface area contributed by atoms with Crippen LogP contribution < -0.4 is 4.90 Å². The Balaban J connectivity index is 1.75. The highest BCUT2D eigenvalue weighted by Crippen LogP contribution is 2.34. The van der Waals surface area contributed by atoms with Crippen molar-refractivity contribution in [2.75, 3.05) is 11.4 Å². The Kier molecular flexibility index (Phi) is 3.55. The Hall–Kier alpha value is -2.29. The topological polar surface area (TPSA) is 29.3 Å². The van der Waals surface area contributed by atoms with E-state index in [0.717, 1.165) is 30.0 Å². The van der Waals surface area contributed by atoms with Crippen molar-refractivity contribution >= 4 is 16.8 Å². The minimum Gasteiger partial charge on any atom is -0.438 e. The predicted molar refractivity (Wildman–Crippen MR) is 89.0 cm³/mol. The summed E-state index contributed by atoms with van der Waals surface area (Å²) < 4.78 is 6.06. The minimum atomic E-state index is 0.234. The van der Waals surface area contributed by atoms with Crippen molar-refractivity contribution in [3.63, 3.8) is 0 Å². The fourth-order valence-corrected chi connectivity index (χ4v) is 3.33. The molecule has 4 rings (SSSR count). The van der Waals surface area contributed by atoms with Crippen LogP contribution in [0.15, 0.2) is 59.0 Å². The van der Waals surface area contributed by atoms with Crippen LogP contribution in [0, 0.1) is 0 Å². The van der Waals surface area contributed by atoms with Crippen molar-refractivity contribution in [2.45, 2.75) is 31.7 Å². The van der Waals surface area contributed by atoms with E-state index >= 15 is 0 Å². The highest BCUT2D eigenvalue weighted by atomic mass is 16.3. The molecule has 112 valence electrons. The lowest BCUT2D eigenvalue weighted by Crippen LogP contribution is -2.28. The zero-order chi connectivity index (χ0) is 14.8. The van der Waals surface area contributed by atoms with Crippen LogP contribution >= 0.6 is 0 Å². The lowest BCUT2D eigenvalue weighted by atomic mass is 10.1. The Bertz CT molecular complexity index is 717. The average molecular weight is 292 g/mol. The van der Waals surface area contributed by atoms with Gasteiger partial charge in [-0.15, -0.1) is 0 Å². The van der Waals surface area contributed by atoms with E-state index in [-0.39, 0.29) is 6.04 Å². The number of nitrogens with zero attached hydrogens (tertiary/aromatic N) is 2. The van der Waals surface area contributed by atoms with Crippen LogP contribution in [0.25, 0.3) is 11.1 Å². The molecule has 0 saturated carbocycles. The van der Waals surface area contributed by atoms with Gasteiger partial charge in [0, 0.05) is 12.2 Å². The molecule has 1 aromatic heterocycles. The molecule has 0 aliphatic carbocycles. The third-order valence-electron chi connectivity index (χ3n) is 4.44. The summed E-state index contributed by atoms with van der Waals surface area (Å²) in [5, 5.41) is 0. The van der Waals surface area contributed by atoms with E-state index in [1.807, 2.05) is 24.3 Å². The van der Waals surface area contributed by atoms with Gasteiger partial charge in [0.15, 0.2) is 5.58 Å². The maximum Gasteiger partial charge on any atom is 0.218 e. The number of hydrogen-bond donors (Lipinski definition) is 0. The van der Waals surface area contributed by atoms with Crippen LogP contribution in [0.5, 0.6) is 0 Å². The molecular formula is C19H20N2O. The fraction of sp³-hybridized carbons (Fsp3) is 0.316. The van der Waals surface area contributed by atoms with E-state index in [1.54, 1.807) is 0 Å². The molecule has 0 N–H and O–H groups in total. The van der Waals surface area contributed by atoms with Gasteiger partial charge < -0.3 is 9.32 Å². The number of aromatic nitrogens is 1. The summed E-state index contributed by atoms with van der Waals surface area (Å²) in [5.74, 6) is 0.854. The van der Waals surface area contributed by atoms with E-state index in [1.165, 1.54) is 24.9 Å². The molecule has 3 heteroatoms. The van der Waals surface area contributed by atoms with Gasteiger partial charge in [-0.2, -0.15) is 0 Å². The van der Waals surface area contributed by atoms with Crippen molar-refractivity contribution in [3.05, 3.63) is 60.5 Å². The standard InChI is InChI=1S/C19H20N2O/c1-3-9-15(10-4-1)21-14-8-2-5-12-17(21)19-20-16-11-6-7-13-18(16)22-19/h1,3-4,6-7,9-11,13,17H,2,5,8,12,14H2. The first kappa shape index (κ1) is 13.4. The maximum atomic E-state index is 6.06. The molecule has 22 heavy (non-hydrogen) atoms. The predicted octanol–water partition coefficient (Wildman–Crippen LogP) is 4.95. The van der Waals surface area contributed by atoms with Gasteiger partial charge in [0.2, 0.25) is 5.89 Å². The summed E-state index contributed by atoms with van der Waals surface area (Å²) in [6, 6.07) is 18.9. The lowest BCUT2D eigenvalue weighted by molar-refractivity contribution is 0.444. The van der Waals surface area contributed by atoms with Gasteiger partial charge in [-0.3, -0.25) is 0 Å². The Labute approximate surface area is 130 Å². The van der Waals surface area contributed by atoms with Crippen LogP contribution in [0.2, 0.25) is 0 Å². The van der Waals surface area contributed by atoms with E-state index in [2.05, 4.69) is 35.2 Å². The van der Waals surface area contributed by atoms with Crippen LogP contribution in [0.1, 0.15) is 37.6 Å². The summed E-state index contributed by atoms with van der Waals surface area (Å²) >= 11 is 0. The van der Waals surface area contributed by atoms with Crippen molar-refractivity contribution in [1.29, 1.82) is 0 Å². The monoisotopic (exact) mass is 292 g/mol. The second kappa shape index (κ2) is 5.84. The minimum absolute atomic E-state index is 0.234. The number of para-hydroxylation sites is 3. The van der Waals surface area contributed by atoms with Gasteiger partial charge in [-0.25, -0.2) is 4.98 Å². The molecule has 0 bridgehead atoms. The van der Waals surface area contributed by atoms with Crippen LogP contribution in [0.4, 0.5) is 5.69 Å². The molecule has 1 unspecified atom stereocenters. The summed E-state index contributed by atoms with van der Waals surface area (Å²) in [6.07, 6.45) is 4.83. The lowest BCUT2D eigenvalue weighted by Gasteiger charge is -2.29. The second-order valence-electron chi connectivity index (χ2n) is 5.91. The first-order valence-electron chi connectivity index (χ1n) is 8.09. The van der Waals surface area contributed by atoms with Gasteiger partial charge in [0.05, 0.1) is 0 Å². The molecule has 2 heterocycles. The largest absolute Gasteiger partial charge is 0.438 e. The zero-order valence-corrected chi connectivity index (χ0v) is 12.6. The Morgan fingerprint density at radius 2 is 1.73 bits per heavy atom. The fourth-order valence-electron chi connectivity index (χ4n) is 3.33. The van der Waals surface area contributed by atoms with Gasteiger partial charge in [0.1, 0.15) is 11.6 Å². The molecular weight excluding hydrogens is 272 g/mol. The SMILES string of the molecule is c1ccc(N2CCCCCC2c2nc3ccccc3o2)cc1. The summed E-state index contributed by atoms with van der Waals surface area (Å²) in [4.78, 5) is 7.20. The normalized spacial score (nSPS) is 19.3. The van der Waals surface area contributed by atoms with E-state index in [0.29, 0.717) is 0 Å². The van der Waals surface area contributed by atoms with Gasteiger partial charge in [-0.1, -0.05) is 43.2 Å². The Morgan fingerprint density at radius 1 is 0.909 bits per heavy atom. The molecule has 0 amide bonds. The molecule has 1 aliphatic rings. The molecule has 3 aromatic rings. The van der Waals surface area contributed by atoms with Crippen molar-refractivity contribution < 1.29 is 4.42 Å². The smallest absolute Gasteiger partial charge is 0.218 e. The molecule has 3 nitrogen and oxygen atoms in total. The molecule has 1 fully saturated rings. The van der Waals surface area contributed by atoms with Crippen LogP contribution in [-0.2, 0) is 0 Å². The Morgan fingerprint density at radius 3 is 2.59 bits per heavy atom. The summed E-state index contributed by atoms with van der Waals surface area (Å²) in [5.41, 5.74) is 3.10. The molecule has 0 spiro atoms. The van der Waals surface area contributed by atoms with Crippen molar-refractivity contribution in [2.24, 2.45) is 0 Å². The highest BCUT2D eigenvalue weighted by Gasteiger charge is 2.27. The first-order chi connectivity index (χ1) is 10.9. The number of benzene rings is 2. The van der Waals surface area contributed by atoms with Gasteiger partial charge >= 0.3 is 0 Å². The van der Waals surface area contributed by atoms with E-state index in [9.17, 15) is 0 Å². The van der Waals surface area contributed by atoms with Crippen molar-refractivity contribution in [3.8, 4) is 0 Å². The molecule has 2 aromatic carbocycles. The van der Waals surface area contributed by atoms with Gasteiger partial charge in [0.25, 0.3) is 0 Å². The molecule has 0 radical (unpaired) electrons. The highest BCUT2D eigenvalue weighted by molar-refractivity contribution is 5.72. The number of hydrogen-bond acceptors (Lipinski definition) is 3. The maximum absolute atomic E-state index is 6.06. The molecule has 1 aliphatic heterocycles. The molecule has 1 atom stereocenters.